The summed E-state index contributed by atoms with van der Waals surface area (Å²) >= 11 is 0. The van der Waals surface area contributed by atoms with Crippen LogP contribution in [0.5, 0.6) is 0 Å². The summed E-state index contributed by atoms with van der Waals surface area (Å²) in [6, 6.07) is 6.18. The zero-order chi connectivity index (χ0) is 15.3. The number of carbonyl (C=O) groups excluding carboxylic acids is 1. The minimum Gasteiger partial charge on any atom is -0.465 e. The highest BCUT2D eigenvalue weighted by molar-refractivity contribution is 7.89. The average Bonchev–Trinajstić information content (AvgIpc) is 2.53. The van der Waals surface area contributed by atoms with Gasteiger partial charge < -0.3 is 10.1 Å². The largest absolute Gasteiger partial charge is 0.465 e. The smallest absolute Gasteiger partial charge is 0.339 e. The number of methoxy groups -OCH3 is 1. The van der Waals surface area contributed by atoms with Gasteiger partial charge in [-0.25, -0.2) is 17.9 Å². The van der Waals surface area contributed by atoms with Gasteiger partial charge in [-0.3, -0.25) is 0 Å². The van der Waals surface area contributed by atoms with Crippen molar-refractivity contribution in [2.75, 3.05) is 20.2 Å². The number of carbonyl (C=O) groups is 1. The van der Waals surface area contributed by atoms with Crippen LogP contribution in [0.25, 0.3) is 0 Å². The summed E-state index contributed by atoms with van der Waals surface area (Å²) in [5.74, 6) is -0.660. The molecule has 2 rings (SSSR count). The van der Waals surface area contributed by atoms with Crippen molar-refractivity contribution in [3.63, 3.8) is 0 Å². The summed E-state index contributed by atoms with van der Waals surface area (Å²) in [5, 5.41) is 3.27. The number of ether oxygens (including phenoxy) is 1. The molecule has 1 unspecified atom stereocenters. The molecule has 0 spiro atoms. The van der Waals surface area contributed by atoms with Gasteiger partial charge in [0.1, 0.15) is 0 Å². The molecule has 7 heteroatoms. The number of nitrogens with one attached hydrogen (secondary N) is 2. The third-order valence-corrected chi connectivity index (χ3v) is 5.00. The van der Waals surface area contributed by atoms with Crippen LogP contribution in [0, 0.1) is 0 Å². The van der Waals surface area contributed by atoms with E-state index in [0.29, 0.717) is 6.54 Å². The molecule has 0 amide bonds. The first-order valence-electron chi connectivity index (χ1n) is 6.95. The minimum atomic E-state index is -3.74. The number of hydrogen-bond acceptors (Lipinski definition) is 5. The summed E-state index contributed by atoms with van der Waals surface area (Å²) in [7, 11) is -2.51. The number of piperidine rings is 1. The van der Waals surface area contributed by atoms with Crippen molar-refractivity contribution in [2.24, 2.45) is 0 Å². The molecule has 1 aromatic carbocycles. The monoisotopic (exact) mass is 312 g/mol. The fourth-order valence-electron chi connectivity index (χ4n) is 2.37. The SMILES string of the molecule is COC(=O)c1ccccc1S(=O)(=O)NCC1CCCCN1. The molecule has 21 heavy (non-hydrogen) atoms. The summed E-state index contributed by atoms with van der Waals surface area (Å²) in [5.41, 5.74) is 0.0455. The van der Waals surface area contributed by atoms with E-state index in [-0.39, 0.29) is 16.5 Å². The second kappa shape index (κ2) is 7.02. The molecule has 0 radical (unpaired) electrons. The highest BCUT2D eigenvalue weighted by atomic mass is 32.2. The lowest BCUT2D eigenvalue weighted by Crippen LogP contribution is -2.43. The topological polar surface area (TPSA) is 84.5 Å². The molecule has 6 nitrogen and oxygen atoms in total. The van der Waals surface area contributed by atoms with E-state index in [9.17, 15) is 13.2 Å². The Bertz CT molecular complexity index is 595. The predicted octanol–water partition coefficient (Wildman–Crippen LogP) is 0.894. The maximum atomic E-state index is 12.4. The Morgan fingerprint density at radius 1 is 1.38 bits per heavy atom. The van der Waals surface area contributed by atoms with E-state index in [4.69, 9.17) is 0 Å². The summed E-state index contributed by atoms with van der Waals surface area (Å²) in [6.45, 7) is 1.23. The Morgan fingerprint density at radius 2 is 2.14 bits per heavy atom. The van der Waals surface area contributed by atoms with E-state index in [0.717, 1.165) is 25.8 Å². The van der Waals surface area contributed by atoms with E-state index in [1.54, 1.807) is 12.1 Å². The molecule has 1 aromatic rings. The van der Waals surface area contributed by atoms with Gasteiger partial charge >= 0.3 is 5.97 Å². The van der Waals surface area contributed by atoms with Crippen LogP contribution in [-0.4, -0.2) is 40.6 Å². The predicted molar refractivity (Wildman–Crippen MR) is 78.6 cm³/mol. The van der Waals surface area contributed by atoms with E-state index in [1.165, 1.54) is 19.2 Å². The number of benzene rings is 1. The second-order valence-corrected chi connectivity index (χ2v) is 6.72. The third kappa shape index (κ3) is 4.03. The molecule has 2 N–H and O–H groups in total. The molecule has 1 saturated heterocycles. The molecule has 0 aromatic heterocycles. The normalized spacial score (nSPS) is 19.2. The minimum absolute atomic E-state index is 0.0455. The maximum absolute atomic E-state index is 12.4. The Kier molecular flexibility index (Phi) is 5.33. The first-order chi connectivity index (χ1) is 10.0. The van der Waals surface area contributed by atoms with Gasteiger partial charge in [-0.1, -0.05) is 18.6 Å². The van der Waals surface area contributed by atoms with Crippen LogP contribution in [0.15, 0.2) is 29.2 Å². The molecule has 0 aliphatic carbocycles. The van der Waals surface area contributed by atoms with E-state index in [2.05, 4.69) is 14.8 Å². The average molecular weight is 312 g/mol. The van der Waals surface area contributed by atoms with Crippen LogP contribution in [0.4, 0.5) is 0 Å². The fourth-order valence-corrected chi connectivity index (χ4v) is 3.64. The van der Waals surface area contributed by atoms with Gasteiger partial charge in [-0.15, -0.1) is 0 Å². The Balaban J connectivity index is 2.13. The Hall–Kier alpha value is -1.44. The molecule has 1 aliphatic heterocycles. The second-order valence-electron chi connectivity index (χ2n) is 4.99. The first-order valence-corrected chi connectivity index (χ1v) is 8.43. The van der Waals surface area contributed by atoms with Crippen LogP contribution in [0.2, 0.25) is 0 Å². The van der Waals surface area contributed by atoms with Crippen LogP contribution in [0.1, 0.15) is 29.6 Å². The quantitative estimate of drug-likeness (QED) is 0.789. The van der Waals surface area contributed by atoms with Crippen molar-refractivity contribution in [2.45, 2.75) is 30.2 Å². The molecule has 1 aliphatic rings. The van der Waals surface area contributed by atoms with Gasteiger partial charge in [0.2, 0.25) is 10.0 Å². The van der Waals surface area contributed by atoms with Crippen molar-refractivity contribution < 1.29 is 17.9 Å². The maximum Gasteiger partial charge on any atom is 0.339 e. The van der Waals surface area contributed by atoms with E-state index in [1.807, 2.05) is 0 Å². The van der Waals surface area contributed by atoms with Gasteiger partial charge in [0.25, 0.3) is 0 Å². The highest BCUT2D eigenvalue weighted by Crippen LogP contribution is 2.16. The van der Waals surface area contributed by atoms with E-state index >= 15 is 0 Å². The van der Waals surface area contributed by atoms with Crippen molar-refractivity contribution >= 4 is 16.0 Å². The van der Waals surface area contributed by atoms with Crippen LogP contribution >= 0.6 is 0 Å². The number of sulfonamides is 1. The van der Waals surface area contributed by atoms with Gasteiger partial charge in [-0.2, -0.15) is 0 Å². The summed E-state index contributed by atoms with van der Waals surface area (Å²) in [4.78, 5) is 11.6. The van der Waals surface area contributed by atoms with Crippen LogP contribution in [-0.2, 0) is 14.8 Å². The number of rotatable bonds is 5. The standard InChI is InChI=1S/C14H20N2O4S/c1-20-14(17)12-7-2-3-8-13(12)21(18,19)16-10-11-6-4-5-9-15-11/h2-3,7-8,11,15-16H,4-6,9-10H2,1H3. The van der Waals surface area contributed by atoms with Crippen LogP contribution < -0.4 is 10.0 Å². The Morgan fingerprint density at radius 3 is 2.81 bits per heavy atom. The van der Waals surface area contributed by atoms with Crippen LogP contribution in [0.3, 0.4) is 0 Å². The van der Waals surface area contributed by atoms with Crippen molar-refractivity contribution in [3.05, 3.63) is 29.8 Å². The molecular weight excluding hydrogens is 292 g/mol. The Labute approximate surface area is 124 Å². The summed E-state index contributed by atoms with van der Waals surface area (Å²) in [6.07, 6.45) is 3.16. The molecule has 1 atom stereocenters. The van der Waals surface area contributed by atoms with Gasteiger partial charge in [0, 0.05) is 12.6 Å². The molecule has 1 heterocycles. The van der Waals surface area contributed by atoms with Crippen molar-refractivity contribution in [3.8, 4) is 0 Å². The van der Waals surface area contributed by atoms with Gasteiger partial charge in [0.15, 0.2) is 0 Å². The van der Waals surface area contributed by atoms with E-state index < -0.39 is 16.0 Å². The highest BCUT2D eigenvalue weighted by Gasteiger charge is 2.23. The fraction of sp³-hybridized carbons (Fsp3) is 0.500. The lowest BCUT2D eigenvalue weighted by Gasteiger charge is -2.23. The third-order valence-electron chi connectivity index (χ3n) is 3.51. The summed E-state index contributed by atoms with van der Waals surface area (Å²) < 4.78 is 31.9. The lowest BCUT2D eigenvalue weighted by molar-refractivity contribution is 0.0596. The zero-order valence-corrected chi connectivity index (χ0v) is 12.8. The first kappa shape index (κ1) is 15.9. The molecule has 116 valence electrons. The number of esters is 1. The molecule has 0 saturated carbocycles. The van der Waals surface area contributed by atoms with Gasteiger partial charge in [0.05, 0.1) is 17.6 Å². The van der Waals surface area contributed by atoms with Crippen molar-refractivity contribution in [1.29, 1.82) is 0 Å². The molecule has 0 bridgehead atoms. The number of hydrogen-bond donors (Lipinski definition) is 2. The van der Waals surface area contributed by atoms with Crippen molar-refractivity contribution in [1.82, 2.24) is 10.0 Å². The molecule has 1 fully saturated rings. The zero-order valence-electron chi connectivity index (χ0n) is 12.0. The van der Waals surface area contributed by atoms with Gasteiger partial charge in [-0.05, 0) is 31.5 Å². The molecular formula is C14H20N2O4S. The lowest BCUT2D eigenvalue weighted by atomic mass is 10.1.